The Hall–Kier alpha value is -1.92. The predicted molar refractivity (Wildman–Crippen MR) is 82.7 cm³/mol. The Morgan fingerprint density at radius 3 is 2.86 bits per heavy atom. The number of amides is 1. The van der Waals surface area contributed by atoms with Crippen LogP contribution in [0, 0.1) is 0 Å². The second-order valence-electron chi connectivity index (χ2n) is 4.19. The third kappa shape index (κ3) is 4.84. The lowest BCUT2D eigenvalue weighted by molar-refractivity contribution is 0.0936. The van der Waals surface area contributed by atoms with Gasteiger partial charge in [0.1, 0.15) is 5.75 Å². The van der Waals surface area contributed by atoms with Gasteiger partial charge in [0.2, 0.25) is 5.88 Å². The van der Waals surface area contributed by atoms with Crippen molar-refractivity contribution in [1.29, 1.82) is 0 Å². The van der Waals surface area contributed by atoms with Crippen LogP contribution in [0.25, 0.3) is 0 Å². The summed E-state index contributed by atoms with van der Waals surface area (Å²) in [6.07, 6.45) is 1.48. The van der Waals surface area contributed by atoms with E-state index in [0.29, 0.717) is 30.3 Å². The fourth-order valence-corrected chi connectivity index (χ4v) is 1.97. The largest absolute Gasteiger partial charge is 0.439 e. The summed E-state index contributed by atoms with van der Waals surface area (Å²) >= 11 is 3.37. The highest BCUT2D eigenvalue weighted by molar-refractivity contribution is 9.10. The number of carbonyl (C=O) groups excluding carboxylic acids is 1. The first-order chi connectivity index (χ1) is 10.2. The molecule has 5 nitrogen and oxygen atoms in total. The van der Waals surface area contributed by atoms with Crippen molar-refractivity contribution < 1.29 is 14.3 Å². The zero-order chi connectivity index (χ0) is 15.1. The molecular weight excluding hydrogens is 336 g/mol. The number of nitrogens with one attached hydrogen (secondary N) is 1. The monoisotopic (exact) mass is 350 g/mol. The van der Waals surface area contributed by atoms with Gasteiger partial charge in [-0.3, -0.25) is 4.79 Å². The van der Waals surface area contributed by atoms with Crippen LogP contribution in [0.1, 0.15) is 10.4 Å². The van der Waals surface area contributed by atoms with Crippen molar-refractivity contribution in [3.63, 3.8) is 0 Å². The highest BCUT2D eigenvalue weighted by Gasteiger charge is 2.06. The van der Waals surface area contributed by atoms with E-state index >= 15 is 0 Å². The minimum Gasteiger partial charge on any atom is -0.439 e. The molecule has 0 unspecified atom stereocenters. The average molecular weight is 351 g/mol. The van der Waals surface area contributed by atoms with Gasteiger partial charge in [-0.1, -0.05) is 22.0 Å². The van der Waals surface area contributed by atoms with Crippen LogP contribution < -0.4 is 10.1 Å². The summed E-state index contributed by atoms with van der Waals surface area (Å²) in [5.41, 5.74) is 0.479. The van der Waals surface area contributed by atoms with Gasteiger partial charge in [-0.05, 0) is 24.3 Å². The van der Waals surface area contributed by atoms with E-state index in [4.69, 9.17) is 9.47 Å². The number of halogens is 1. The van der Waals surface area contributed by atoms with Gasteiger partial charge in [-0.25, -0.2) is 4.98 Å². The van der Waals surface area contributed by atoms with E-state index < -0.39 is 0 Å². The highest BCUT2D eigenvalue weighted by atomic mass is 79.9. The maximum atomic E-state index is 11.8. The topological polar surface area (TPSA) is 60.5 Å². The van der Waals surface area contributed by atoms with Gasteiger partial charge in [-0.15, -0.1) is 0 Å². The second-order valence-corrected chi connectivity index (χ2v) is 5.11. The molecule has 110 valence electrons. The normalized spacial score (nSPS) is 10.2. The van der Waals surface area contributed by atoms with Gasteiger partial charge in [0, 0.05) is 30.4 Å². The van der Waals surface area contributed by atoms with E-state index in [2.05, 4.69) is 26.2 Å². The van der Waals surface area contributed by atoms with E-state index in [9.17, 15) is 4.79 Å². The molecule has 2 rings (SSSR count). The molecule has 0 bridgehead atoms. The van der Waals surface area contributed by atoms with Crippen LogP contribution in [0.5, 0.6) is 11.6 Å². The van der Waals surface area contributed by atoms with Gasteiger partial charge in [0.25, 0.3) is 5.91 Å². The molecule has 0 spiro atoms. The highest BCUT2D eigenvalue weighted by Crippen LogP contribution is 2.22. The minimum absolute atomic E-state index is 0.187. The maximum absolute atomic E-state index is 11.8. The van der Waals surface area contributed by atoms with Gasteiger partial charge >= 0.3 is 0 Å². The summed E-state index contributed by atoms with van der Waals surface area (Å²) in [5.74, 6) is 0.921. The van der Waals surface area contributed by atoms with Gasteiger partial charge < -0.3 is 14.8 Å². The number of hydrogen-bond donors (Lipinski definition) is 1. The lowest BCUT2D eigenvalue weighted by Gasteiger charge is -2.07. The number of benzene rings is 1. The summed E-state index contributed by atoms with van der Waals surface area (Å²) in [5, 5.41) is 2.73. The van der Waals surface area contributed by atoms with Crippen molar-refractivity contribution in [3.05, 3.63) is 52.6 Å². The number of nitrogens with zero attached hydrogens (tertiary/aromatic N) is 1. The smallest absolute Gasteiger partial charge is 0.252 e. The van der Waals surface area contributed by atoms with Crippen LogP contribution in [0.3, 0.4) is 0 Å². The van der Waals surface area contributed by atoms with Crippen LogP contribution in [0.4, 0.5) is 0 Å². The molecule has 0 aliphatic carbocycles. The predicted octanol–water partition coefficient (Wildman–Crippen LogP) is 3.01. The Labute approximate surface area is 131 Å². The zero-order valence-corrected chi connectivity index (χ0v) is 13.1. The molecule has 2 aromatic rings. The molecule has 21 heavy (non-hydrogen) atoms. The Morgan fingerprint density at radius 1 is 1.33 bits per heavy atom. The van der Waals surface area contributed by atoms with Crippen LogP contribution in [0.2, 0.25) is 0 Å². The fourth-order valence-electron chi connectivity index (χ4n) is 1.59. The SMILES string of the molecule is COCCNC(=O)c1ccc(Oc2cccc(Br)c2)nc1. The molecule has 0 aliphatic rings. The second kappa shape index (κ2) is 7.75. The summed E-state index contributed by atoms with van der Waals surface area (Å²) < 4.78 is 11.4. The summed E-state index contributed by atoms with van der Waals surface area (Å²) in [7, 11) is 1.59. The number of rotatable bonds is 6. The number of ether oxygens (including phenoxy) is 2. The Balaban J connectivity index is 1.97. The minimum atomic E-state index is -0.187. The molecule has 1 heterocycles. The zero-order valence-electron chi connectivity index (χ0n) is 11.5. The number of aromatic nitrogens is 1. The molecule has 0 saturated carbocycles. The quantitative estimate of drug-likeness (QED) is 0.813. The van der Waals surface area contributed by atoms with Crippen molar-refractivity contribution >= 4 is 21.8 Å². The van der Waals surface area contributed by atoms with Crippen molar-refractivity contribution in [2.75, 3.05) is 20.3 Å². The molecule has 0 saturated heterocycles. The van der Waals surface area contributed by atoms with Crippen LogP contribution >= 0.6 is 15.9 Å². The van der Waals surface area contributed by atoms with Crippen LogP contribution in [0.15, 0.2) is 47.1 Å². The van der Waals surface area contributed by atoms with E-state index in [1.165, 1.54) is 6.20 Å². The third-order valence-electron chi connectivity index (χ3n) is 2.61. The molecule has 1 N–H and O–H groups in total. The van der Waals surface area contributed by atoms with E-state index in [0.717, 1.165) is 4.47 Å². The molecular formula is C15H15BrN2O3. The molecule has 6 heteroatoms. The lowest BCUT2D eigenvalue weighted by Crippen LogP contribution is -2.26. The van der Waals surface area contributed by atoms with Crippen molar-refractivity contribution in [1.82, 2.24) is 10.3 Å². The Bertz CT molecular complexity index is 602. The molecule has 1 aromatic heterocycles. The maximum Gasteiger partial charge on any atom is 0.252 e. The van der Waals surface area contributed by atoms with Crippen LogP contribution in [-0.4, -0.2) is 31.2 Å². The van der Waals surface area contributed by atoms with Crippen LogP contribution in [-0.2, 0) is 4.74 Å². The number of carbonyl (C=O) groups is 1. The molecule has 1 amide bonds. The van der Waals surface area contributed by atoms with E-state index in [-0.39, 0.29) is 5.91 Å². The summed E-state index contributed by atoms with van der Waals surface area (Å²) in [6, 6.07) is 10.8. The van der Waals surface area contributed by atoms with Gasteiger partial charge in [0.05, 0.1) is 12.2 Å². The molecule has 1 aromatic carbocycles. The first-order valence-electron chi connectivity index (χ1n) is 6.35. The molecule has 0 aliphatic heterocycles. The number of methoxy groups -OCH3 is 1. The van der Waals surface area contributed by atoms with Crippen molar-refractivity contribution in [2.45, 2.75) is 0 Å². The van der Waals surface area contributed by atoms with E-state index in [1.807, 2.05) is 24.3 Å². The van der Waals surface area contributed by atoms with Crippen molar-refractivity contribution in [2.24, 2.45) is 0 Å². The standard InChI is InChI=1S/C15H15BrN2O3/c1-20-8-7-17-15(19)11-5-6-14(18-10-11)21-13-4-2-3-12(16)9-13/h2-6,9-10H,7-8H2,1H3,(H,17,19). The average Bonchev–Trinajstić information content (AvgIpc) is 2.48. The lowest BCUT2D eigenvalue weighted by atomic mass is 10.2. The summed E-state index contributed by atoms with van der Waals surface area (Å²) in [4.78, 5) is 15.9. The van der Waals surface area contributed by atoms with Gasteiger partial charge in [0.15, 0.2) is 0 Å². The Morgan fingerprint density at radius 2 is 2.19 bits per heavy atom. The van der Waals surface area contributed by atoms with Crippen molar-refractivity contribution in [3.8, 4) is 11.6 Å². The number of pyridine rings is 1. The summed E-state index contributed by atoms with van der Waals surface area (Å²) in [6.45, 7) is 0.939. The molecule has 0 atom stereocenters. The third-order valence-corrected chi connectivity index (χ3v) is 3.10. The Kier molecular flexibility index (Phi) is 5.71. The number of hydrogen-bond acceptors (Lipinski definition) is 4. The first kappa shape index (κ1) is 15.5. The van der Waals surface area contributed by atoms with Gasteiger partial charge in [-0.2, -0.15) is 0 Å². The first-order valence-corrected chi connectivity index (χ1v) is 7.15. The fraction of sp³-hybridized carbons (Fsp3) is 0.200. The van der Waals surface area contributed by atoms with E-state index in [1.54, 1.807) is 19.2 Å². The molecule has 0 radical (unpaired) electrons. The molecule has 0 fully saturated rings.